The molecule has 2 heterocycles. The van der Waals surface area contributed by atoms with Crippen molar-refractivity contribution in [1.29, 1.82) is 0 Å². The molecule has 0 aromatic carbocycles. The van der Waals surface area contributed by atoms with Crippen molar-refractivity contribution in [1.82, 2.24) is 15.0 Å². The van der Waals surface area contributed by atoms with Crippen molar-refractivity contribution in [2.45, 2.75) is 13.0 Å². The Balaban J connectivity index is 2.23. The van der Waals surface area contributed by atoms with Gasteiger partial charge in [-0.3, -0.25) is 0 Å². The molecule has 0 spiro atoms. The van der Waals surface area contributed by atoms with Crippen molar-refractivity contribution in [3.63, 3.8) is 0 Å². The average molecular weight is 268 g/mol. The van der Waals surface area contributed by atoms with E-state index in [4.69, 9.17) is 10.5 Å². The maximum absolute atomic E-state index is 9.18. The molecule has 1 aliphatic rings. The summed E-state index contributed by atoms with van der Waals surface area (Å²) in [7, 11) is 1.82. The highest BCUT2D eigenvalue weighted by Gasteiger charge is 2.18. The zero-order valence-electron chi connectivity index (χ0n) is 11.3. The van der Waals surface area contributed by atoms with Crippen LogP contribution in [0.4, 0.5) is 17.8 Å². The molecule has 1 atom stereocenters. The maximum atomic E-state index is 9.18. The molecule has 0 radical (unpaired) electrons. The van der Waals surface area contributed by atoms with E-state index in [1.807, 2.05) is 18.9 Å². The molecular weight excluding hydrogens is 248 g/mol. The lowest BCUT2D eigenvalue weighted by Gasteiger charge is -2.28. The second-order valence-electron chi connectivity index (χ2n) is 4.54. The average Bonchev–Trinajstić information content (AvgIpc) is 2.46. The molecule has 1 saturated heterocycles. The predicted octanol–water partition coefficient (Wildman–Crippen LogP) is -0.893. The quantitative estimate of drug-likeness (QED) is 0.725. The monoisotopic (exact) mass is 268 g/mol. The summed E-state index contributed by atoms with van der Waals surface area (Å²) in [6.07, 6.45) is 0. The molecule has 0 bridgehead atoms. The van der Waals surface area contributed by atoms with Crippen LogP contribution in [-0.2, 0) is 4.74 Å². The minimum Gasteiger partial charge on any atom is -0.394 e. The fraction of sp³-hybridized carbons (Fsp3) is 0.727. The molecule has 1 unspecified atom stereocenters. The molecule has 8 nitrogen and oxygen atoms in total. The van der Waals surface area contributed by atoms with E-state index in [2.05, 4.69) is 15.0 Å². The van der Waals surface area contributed by atoms with Crippen LogP contribution in [0.25, 0.3) is 0 Å². The number of aliphatic hydroxyl groups is 1. The maximum Gasteiger partial charge on any atom is 0.232 e. The first kappa shape index (κ1) is 13.8. The van der Waals surface area contributed by atoms with E-state index in [0.717, 1.165) is 13.1 Å². The van der Waals surface area contributed by atoms with Gasteiger partial charge < -0.3 is 25.4 Å². The van der Waals surface area contributed by atoms with Gasteiger partial charge in [-0.2, -0.15) is 15.0 Å². The van der Waals surface area contributed by atoms with E-state index in [1.54, 1.807) is 4.90 Å². The third kappa shape index (κ3) is 3.21. The van der Waals surface area contributed by atoms with Gasteiger partial charge in [-0.25, -0.2) is 0 Å². The summed E-state index contributed by atoms with van der Waals surface area (Å²) in [4.78, 5) is 16.5. The first-order chi connectivity index (χ1) is 9.11. The van der Waals surface area contributed by atoms with Gasteiger partial charge in [0.05, 0.1) is 25.9 Å². The lowest BCUT2D eigenvalue weighted by Crippen LogP contribution is -2.38. The molecule has 1 aromatic heterocycles. The van der Waals surface area contributed by atoms with E-state index >= 15 is 0 Å². The predicted molar refractivity (Wildman–Crippen MR) is 72.2 cm³/mol. The summed E-state index contributed by atoms with van der Waals surface area (Å²) in [5, 5.41) is 9.18. The van der Waals surface area contributed by atoms with Gasteiger partial charge in [0.2, 0.25) is 17.8 Å². The van der Waals surface area contributed by atoms with Crippen LogP contribution in [0.3, 0.4) is 0 Å². The lowest BCUT2D eigenvalue weighted by atomic mass is 10.3. The molecule has 8 heteroatoms. The van der Waals surface area contributed by atoms with E-state index in [-0.39, 0.29) is 18.6 Å². The largest absolute Gasteiger partial charge is 0.394 e. The Hall–Kier alpha value is -1.67. The molecule has 0 saturated carbocycles. The number of nitrogens with zero attached hydrogens (tertiary/aromatic N) is 5. The van der Waals surface area contributed by atoms with Crippen LogP contribution >= 0.6 is 0 Å². The molecule has 0 aliphatic carbocycles. The summed E-state index contributed by atoms with van der Waals surface area (Å²) in [5.74, 6) is 1.21. The third-order valence-electron chi connectivity index (χ3n) is 3.16. The van der Waals surface area contributed by atoms with Gasteiger partial charge in [0.15, 0.2) is 0 Å². The number of aromatic nitrogens is 3. The number of rotatable bonds is 4. The molecule has 1 aliphatic heterocycles. The molecule has 19 heavy (non-hydrogen) atoms. The Kier molecular flexibility index (Phi) is 4.33. The Morgan fingerprint density at radius 2 is 2.05 bits per heavy atom. The van der Waals surface area contributed by atoms with E-state index in [0.29, 0.717) is 25.1 Å². The Morgan fingerprint density at radius 3 is 2.68 bits per heavy atom. The topological polar surface area (TPSA) is 101 Å². The minimum atomic E-state index is -0.0839. The summed E-state index contributed by atoms with van der Waals surface area (Å²) >= 11 is 0. The smallest absolute Gasteiger partial charge is 0.232 e. The highest BCUT2D eigenvalue weighted by molar-refractivity contribution is 5.43. The molecule has 0 amide bonds. The van der Waals surface area contributed by atoms with E-state index in [1.165, 1.54) is 0 Å². The molecule has 1 aromatic rings. The van der Waals surface area contributed by atoms with Crippen LogP contribution < -0.4 is 15.5 Å². The van der Waals surface area contributed by atoms with Gasteiger partial charge in [-0.15, -0.1) is 0 Å². The Morgan fingerprint density at radius 1 is 1.37 bits per heavy atom. The fourth-order valence-corrected chi connectivity index (χ4v) is 1.75. The van der Waals surface area contributed by atoms with Gasteiger partial charge in [-0.1, -0.05) is 0 Å². The second kappa shape index (κ2) is 5.98. The van der Waals surface area contributed by atoms with Crippen molar-refractivity contribution < 1.29 is 9.84 Å². The van der Waals surface area contributed by atoms with Crippen LogP contribution in [0, 0.1) is 0 Å². The number of nitrogens with two attached hydrogens (primary N) is 1. The summed E-state index contributed by atoms with van der Waals surface area (Å²) in [5.41, 5.74) is 5.74. The van der Waals surface area contributed by atoms with Crippen molar-refractivity contribution >= 4 is 17.8 Å². The minimum absolute atomic E-state index is 0.0228. The van der Waals surface area contributed by atoms with Gasteiger partial charge in [0, 0.05) is 20.1 Å². The number of hydrogen-bond acceptors (Lipinski definition) is 8. The highest BCUT2D eigenvalue weighted by Crippen LogP contribution is 2.16. The second-order valence-corrected chi connectivity index (χ2v) is 4.54. The third-order valence-corrected chi connectivity index (χ3v) is 3.16. The lowest BCUT2D eigenvalue weighted by molar-refractivity contribution is 0.122. The molecule has 1 fully saturated rings. The number of hydrogen-bond donors (Lipinski definition) is 2. The summed E-state index contributed by atoms with van der Waals surface area (Å²) in [6, 6.07) is -0.0839. The number of likely N-dealkylation sites (N-methyl/N-ethyl adjacent to an activating group) is 1. The Labute approximate surface area is 112 Å². The first-order valence-electron chi connectivity index (χ1n) is 6.29. The number of aliphatic hydroxyl groups excluding tert-OH is 1. The van der Waals surface area contributed by atoms with Gasteiger partial charge in [-0.05, 0) is 6.92 Å². The summed E-state index contributed by atoms with van der Waals surface area (Å²) in [6.45, 7) is 4.70. The zero-order chi connectivity index (χ0) is 13.8. The highest BCUT2D eigenvalue weighted by atomic mass is 16.5. The first-order valence-corrected chi connectivity index (χ1v) is 6.29. The summed E-state index contributed by atoms with van der Waals surface area (Å²) < 4.78 is 5.30. The number of ether oxygens (including phenoxy) is 1. The zero-order valence-corrected chi connectivity index (χ0v) is 11.3. The van der Waals surface area contributed by atoms with Crippen LogP contribution in [0.5, 0.6) is 0 Å². The number of nitrogen functional groups attached to an aromatic ring is 1. The van der Waals surface area contributed by atoms with E-state index < -0.39 is 0 Å². The Bertz CT molecular complexity index is 403. The standard InChI is InChI=1S/C11H20N6O2/c1-8(7-18)16(2)10-13-9(12)14-11(15-10)17-3-5-19-6-4-17/h8,18H,3-7H2,1-2H3,(H2,12,13,14,15). The molecule has 106 valence electrons. The number of anilines is 3. The van der Waals surface area contributed by atoms with Crippen LogP contribution in [0.2, 0.25) is 0 Å². The SMILES string of the molecule is CC(CO)N(C)c1nc(N)nc(N2CCOCC2)n1. The van der Waals surface area contributed by atoms with E-state index in [9.17, 15) is 5.11 Å². The number of morpholine rings is 1. The van der Waals surface area contributed by atoms with Crippen molar-refractivity contribution in [3.8, 4) is 0 Å². The molecular formula is C11H20N6O2. The van der Waals surface area contributed by atoms with Crippen LogP contribution in [0.1, 0.15) is 6.92 Å². The van der Waals surface area contributed by atoms with Gasteiger partial charge >= 0.3 is 0 Å². The van der Waals surface area contributed by atoms with Crippen LogP contribution in [0.15, 0.2) is 0 Å². The molecule has 3 N–H and O–H groups in total. The van der Waals surface area contributed by atoms with Crippen LogP contribution in [-0.4, -0.2) is 66.1 Å². The van der Waals surface area contributed by atoms with Crippen molar-refractivity contribution in [2.75, 3.05) is 55.5 Å². The van der Waals surface area contributed by atoms with Gasteiger partial charge in [0.1, 0.15) is 0 Å². The molecule has 2 rings (SSSR count). The van der Waals surface area contributed by atoms with Gasteiger partial charge in [0.25, 0.3) is 0 Å². The van der Waals surface area contributed by atoms with Crippen molar-refractivity contribution in [2.24, 2.45) is 0 Å². The van der Waals surface area contributed by atoms with Crippen molar-refractivity contribution in [3.05, 3.63) is 0 Å². The fourth-order valence-electron chi connectivity index (χ4n) is 1.75. The normalized spacial score (nSPS) is 17.3.